The molecule has 0 saturated heterocycles. The Bertz CT molecular complexity index is 1150. The lowest BCUT2D eigenvalue weighted by atomic mass is 10.1. The first-order chi connectivity index (χ1) is 15.8. The van der Waals surface area contributed by atoms with Crippen LogP contribution in [0.1, 0.15) is 18.4 Å². The molecule has 0 saturated carbocycles. The maximum absolute atomic E-state index is 13.0. The third-order valence-corrected chi connectivity index (χ3v) is 6.10. The first kappa shape index (κ1) is 24.3. The highest BCUT2D eigenvalue weighted by molar-refractivity contribution is 7.92. The van der Waals surface area contributed by atoms with Crippen LogP contribution in [0.3, 0.4) is 0 Å². The largest absolute Gasteiger partial charge is 0.455 e. The molecule has 0 aliphatic rings. The van der Waals surface area contributed by atoms with E-state index < -0.39 is 10.0 Å². The fourth-order valence-corrected chi connectivity index (χ4v) is 4.27. The van der Waals surface area contributed by atoms with Crippen molar-refractivity contribution >= 4 is 21.6 Å². The van der Waals surface area contributed by atoms with Gasteiger partial charge in [-0.15, -0.1) is 0 Å². The SMILES string of the molecule is CS(=O)(=O)N(CCCC(=O)NCCc1ccc(F)cc1)c1ccccc1Oc1ccccc1. The number of rotatable bonds is 11. The van der Waals surface area contributed by atoms with E-state index in [1.807, 2.05) is 18.2 Å². The highest BCUT2D eigenvalue weighted by atomic mass is 32.2. The molecule has 0 spiro atoms. The second kappa shape index (κ2) is 11.5. The monoisotopic (exact) mass is 470 g/mol. The quantitative estimate of drug-likeness (QED) is 0.447. The minimum absolute atomic E-state index is 0.138. The Morgan fingerprint density at radius 3 is 2.33 bits per heavy atom. The molecule has 0 heterocycles. The Balaban J connectivity index is 1.57. The van der Waals surface area contributed by atoms with Crippen LogP contribution in [0, 0.1) is 5.82 Å². The zero-order valence-corrected chi connectivity index (χ0v) is 19.2. The summed E-state index contributed by atoms with van der Waals surface area (Å²) in [6.45, 7) is 0.563. The number of ether oxygens (including phenoxy) is 1. The number of anilines is 1. The number of carbonyl (C=O) groups excluding carboxylic acids is 1. The summed E-state index contributed by atoms with van der Waals surface area (Å²) >= 11 is 0. The van der Waals surface area contributed by atoms with Gasteiger partial charge in [0.25, 0.3) is 0 Å². The number of amides is 1. The van der Waals surface area contributed by atoms with Gasteiger partial charge in [0.05, 0.1) is 11.9 Å². The smallest absolute Gasteiger partial charge is 0.232 e. The van der Waals surface area contributed by atoms with Gasteiger partial charge in [0.1, 0.15) is 11.6 Å². The van der Waals surface area contributed by atoms with Gasteiger partial charge in [-0.05, 0) is 54.8 Å². The molecule has 0 aliphatic heterocycles. The third kappa shape index (κ3) is 7.61. The number of carbonyl (C=O) groups is 1. The van der Waals surface area contributed by atoms with Crippen LogP contribution in [0.2, 0.25) is 0 Å². The lowest BCUT2D eigenvalue weighted by Crippen LogP contribution is -2.32. The minimum atomic E-state index is -3.60. The summed E-state index contributed by atoms with van der Waals surface area (Å²) in [7, 11) is -3.60. The van der Waals surface area contributed by atoms with Gasteiger partial charge in [-0.25, -0.2) is 12.8 Å². The molecule has 1 amide bonds. The van der Waals surface area contributed by atoms with Crippen LogP contribution >= 0.6 is 0 Å². The molecule has 0 radical (unpaired) electrons. The van der Waals surface area contributed by atoms with Gasteiger partial charge >= 0.3 is 0 Å². The average Bonchev–Trinajstić information content (AvgIpc) is 2.79. The highest BCUT2D eigenvalue weighted by Gasteiger charge is 2.21. The van der Waals surface area contributed by atoms with Crippen molar-refractivity contribution in [1.29, 1.82) is 0 Å². The van der Waals surface area contributed by atoms with Crippen LogP contribution in [0.25, 0.3) is 0 Å². The summed E-state index contributed by atoms with van der Waals surface area (Å²) in [5.41, 5.74) is 1.34. The van der Waals surface area contributed by atoms with E-state index in [4.69, 9.17) is 4.74 Å². The van der Waals surface area contributed by atoms with E-state index >= 15 is 0 Å². The van der Waals surface area contributed by atoms with Gasteiger partial charge in [-0.3, -0.25) is 9.10 Å². The number of nitrogens with zero attached hydrogens (tertiary/aromatic N) is 1. The second-order valence-electron chi connectivity index (χ2n) is 7.55. The molecule has 33 heavy (non-hydrogen) atoms. The van der Waals surface area contributed by atoms with Crippen LogP contribution < -0.4 is 14.4 Å². The Morgan fingerprint density at radius 2 is 1.64 bits per heavy atom. The van der Waals surface area contributed by atoms with Crippen molar-refractivity contribution in [3.05, 3.63) is 90.2 Å². The summed E-state index contributed by atoms with van der Waals surface area (Å²) in [5, 5.41) is 2.82. The third-order valence-electron chi connectivity index (χ3n) is 4.92. The molecule has 0 atom stereocenters. The molecular formula is C25H27FN2O4S. The maximum Gasteiger partial charge on any atom is 0.232 e. The van der Waals surface area contributed by atoms with Gasteiger partial charge in [-0.2, -0.15) is 0 Å². The van der Waals surface area contributed by atoms with Crippen LogP contribution in [0.4, 0.5) is 10.1 Å². The zero-order chi connectivity index (χ0) is 23.7. The summed E-state index contributed by atoms with van der Waals surface area (Å²) in [6.07, 6.45) is 2.24. The molecule has 0 bridgehead atoms. The lowest BCUT2D eigenvalue weighted by Gasteiger charge is -2.24. The minimum Gasteiger partial charge on any atom is -0.455 e. The normalized spacial score (nSPS) is 11.1. The molecule has 8 heteroatoms. The van der Waals surface area contributed by atoms with Crippen LogP contribution in [0.5, 0.6) is 11.5 Å². The second-order valence-corrected chi connectivity index (χ2v) is 9.45. The lowest BCUT2D eigenvalue weighted by molar-refractivity contribution is -0.121. The Hall–Kier alpha value is -3.39. The molecule has 0 unspecified atom stereocenters. The van der Waals surface area contributed by atoms with Crippen molar-refractivity contribution in [2.24, 2.45) is 0 Å². The first-order valence-electron chi connectivity index (χ1n) is 10.6. The van der Waals surface area contributed by atoms with Gasteiger partial charge in [0.15, 0.2) is 5.75 Å². The Kier molecular flexibility index (Phi) is 8.43. The van der Waals surface area contributed by atoms with E-state index in [9.17, 15) is 17.6 Å². The molecule has 174 valence electrons. The van der Waals surface area contributed by atoms with E-state index in [1.54, 1.807) is 48.5 Å². The molecule has 0 fully saturated rings. The number of sulfonamides is 1. The number of halogens is 1. The summed E-state index contributed by atoms with van der Waals surface area (Å²) in [6, 6.07) is 22.2. The number of benzene rings is 3. The molecule has 1 N–H and O–H groups in total. The molecule has 6 nitrogen and oxygen atoms in total. The first-order valence-corrected chi connectivity index (χ1v) is 12.5. The molecule has 3 rings (SSSR count). The van der Waals surface area contributed by atoms with Gasteiger partial charge in [0, 0.05) is 19.5 Å². The fraction of sp³-hybridized carbons (Fsp3) is 0.240. The van der Waals surface area contributed by atoms with Crippen molar-refractivity contribution in [1.82, 2.24) is 5.32 Å². The van der Waals surface area contributed by atoms with Crippen LogP contribution in [0.15, 0.2) is 78.9 Å². The van der Waals surface area contributed by atoms with E-state index in [2.05, 4.69) is 5.32 Å². The summed E-state index contributed by atoms with van der Waals surface area (Å²) < 4.78 is 45.1. The van der Waals surface area contributed by atoms with Crippen molar-refractivity contribution in [3.8, 4) is 11.5 Å². The number of nitrogens with one attached hydrogen (secondary N) is 1. The summed E-state index contributed by atoms with van der Waals surface area (Å²) in [4.78, 5) is 12.2. The van der Waals surface area contributed by atoms with Gasteiger partial charge < -0.3 is 10.1 Å². The predicted molar refractivity (Wildman–Crippen MR) is 127 cm³/mol. The van der Waals surface area contributed by atoms with Crippen molar-refractivity contribution in [3.63, 3.8) is 0 Å². The zero-order valence-electron chi connectivity index (χ0n) is 18.4. The Labute approximate surface area is 194 Å². The summed E-state index contributed by atoms with van der Waals surface area (Å²) in [5.74, 6) is 0.546. The van der Waals surface area contributed by atoms with Crippen molar-refractivity contribution in [2.75, 3.05) is 23.7 Å². The van der Waals surface area contributed by atoms with E-state index in [0.29, 0.717) is 36.6 Å². The van der Waals surface area contributed by atoms with E-state index in [-0.39, 0.29) is 24.7 Å². The number of para-hydroxylation sites is 3. The van der Waals surface area contributed by atoms with Crippen molar-refractivity contribution in [2.45, 2.75) is 19.3 Å². The fourth-order valence-electron chi connectivity index (χ4n) is 3.30. The molecule has 3 aromatic rings. The number of hydrogen-bond acceptors (Lipinski definition) is 4. The van der Waals surface area contributed by atoms with Crippen LogP contribution in [-0.4, -0.2) is 33.7 Å². The number of hydrogen-bond donors (Lipinski definition) is 1. The average molecular weight is 471 g/mol. The highest BCUT2D eigenvalue weighted by Crippen LogP contribution is 2.33. The van der Waals surface area contributed by atoms with Gasteiger partial charge in [0.2, 0.25) is 15.9 Å². The molecular weight excluding hydrogens is 443 g/mol. The standard InChI is InChI=1S/C25H27FN2O4S/c1-33(30,31)28(23-10-5-6-11-24(23)32-22-8-3-2-4-9-22)19-7-12-25(29)27-18-17-20-13-15-21(26)16-14-20/h2-6,8-11,13-16H,7,12,17-19H2,1H3,(H,27,29). The van der Waals surface area contributed by atoms with E-state index in [1.165, 1.54) is 16.4 Å². The predicted octanol–water partition coefficient (Wildman–Crippen LogP) is 4.52. The van der Waals surface area contributed by atoms with Gasteiger partial charge in [-0.1, -0.05) is 42.5 Å². The molecule has 0 aliphatic carbocycles. The van der Waals surface area contributed by atoms with E-state index in [0.717, 1.165) is 11.8 Å². The van der Waals surface area contributed by atoms with Crippen LogP contribution in [-0.2, 0) is 21.2 Å². The van der Waals surface area contributed by atoms with Crippen molar-refractivity contribution < 1.29 is 22.3 Å². The molecule has 0 aromatic heterocycles. The Morgan fingerprint density at radius 1 is 0.970 bits per heavy atom. The maximum atomic E-state index is 13.0. The topological polar surface area (TPSA) is 75.7 Å². The molecule has 3 aromatic carbocycles.